The van der Waals surface area contributed by atoms with Gasteiger partial charge in [0.05, 0.1) is 17.8 Å². The van der Waals surface area contributed by atoms with Crippen molar-refractivity contribution in [3.05, 3.63) is 78.0 Å². The molecule has 4 rings (SSSR count). The molecule has 150 valence electrons. The van der Waals surface area contributed by atoms with Crippen LogP contribution in [-0.2, 0) is 4.74 Å². The van der Waals surface area contributed by atoms with Crippen LogP contribution in [-0.4, -0.2) is 44.8 Å². The highest BCUT2D eigenvalue weighted by Crippen LogP contribution is 2.39. The zero-order valence-corrected chi connectivity index (χ0v) is 17.5. The molecule has 4 heterocycles. The van der Waals surface area contributed by atoms with Crippen LogP contribution in [0.2, 0.25) is 0 Å². The molecule has 2 atom stereocenters. The lowest BCUT2D eigenvalue weighted by Gasteiger charge is -2.28. The maximum absolute atomic E-state index is 5.72. The lowest BCUT2D eigenvalue weighted by Crippen LogP contribution is -2.32. The van der Waals surface area contributed by atoms with Crippen molar-refractivity contribution in [2.45, 2.75) is 25.4 Å². The Hall–Kier alpha value is -2.77. The van der Waals surface area contributed by atoms with Gasteiger partial charge in [0.2, 0.25) is 0 Å². The van der Waals surface area contributed by atoms with Gasteiger partial charge in [-0.1, -0.05) is 12.1 Å². The Kier molecular flexibility index (Phi) is 5.87. The van der Waals surface area contributed by atoms with E-state index in [1.54, 1.807) is 7.11 Å². The lowest BCUT2D eigenvalue weighted by atomic mass is 10.0. The normalized spacial score (nSPS) is 18.8. The number of aryl methyl sites for hydroxylation is 1. The van der Waals surface area contributed by atoms with Crippen molar-refractivity contribution in [3.8, 4) is 5.82 Å². The largest absolute Gasteiger partial charge is 0.385 e. The number of hydrogen-bond acceptors (Lipinski definition) is 4. The van der Waals surface area contributed by atoms with E-state index in [1.165, 1.54) is 0 Å². The van der Waals surface area contributed by atoms with E-state index in [0.29, 0.717) is 6.61 Å². The number of nitrogens with zero attached hydrogens (tertiary/aromatic N) is 4. The zero-order valence-electron chi connectivity index (χ0n) is 16.7. The molecule has 0 amide bonds. The summed E-state index contributed by atoms with van der Waals surface area (Å²) in [7, 11) is 1.73. The molecule has 6 nitrogen and oxygen atoms in total. The van der Waals surface area contributed by atoms with Crippen LogP contribution in [0.4, 0.5) is 0 Å². The highest BCUT2D eigenvalue weighted by Gasteiger charge is 2.41. The third kappa shape index (κ3) is 4.02. The van der Waals surface area contributed by atoms with Crippen molar-refractivity contribution in [1.29, 1.82) is 0 Å². The molecular formula is C22H25N5OS. The van der Waals surface area contributed by atoms with Gasteiger partial charge < -0.3 is 19.5 Å². The molecule has 0 unspecified atom stereocenters. The monoisotopic (exact) mass is 407 g/mol. The summed E-state index contributed by atoms with van der Waals surface area (Å²) >= 11 is 5.72. The van der Waals surface area contributed by atoms with Crippen LogP contribution in [0.3, 0.4) is 0 Å². The van der Waals surface area contributed by atoms with Gasteiger partial charge in [-0.15, -0.1) is 0 Å². The molecule has 0 bridgehead atoms. The second-order valence-electron chi connectivity index (χ2n) is 7.16. The highest BCUT2D eigenvalue weighted by atomic mass is 32.1. The van der Waals surface area contributed by atoms with Crippen LogP contribution < -0.4 is 5.32 Å². The topological polar surface area (TPSA) is 55.2 Å². The van der Waals surface area contributed by atoms with E-state index in [1.807, 2.05) is 43.6 Å². The van der Waals surface area contributed by atoms with Crippen molar-refractivity contribution >= 4 is 17.3 Å². The fraction of sp³-hybridized carbons (Fsp3) is 0.318. The zero-order chi connectivity index (χ0) is 20.2. The van der Waals surface area contributed by atoms with E-state index in [9.17, 15) is 0 Å². The molecule has 3 aromatic heterocycles. The first-order valence-electron chi connectivity index (χ1n) is 9.76. The van der Waals surface area contributed by atoms with E-state index in [-0.39, 0.29) is 12.1 Å². The summed E-state index contributed by atoms with van der Waals surface area (Å²) in [5.74, 6) is 0.894. The van der Waals surface area contributed by atoms with Gasteiger partial charge in [0.1, 0.15) is 5.82 Å². The average Bonchev–Trinajstić information content (AvgIpc) is 3.34. The first kappa shape index (κ1) is 19.5. The van der Waals surface area contributed by atoms with E-state index >= 15 is 0 Å². The highest BCUT2D eigenvalue weighted by molar-refractivity contribution is 7.80. The summed E-state index contributed by atoms with van der Waals surface area (Å²) in [6.07, 6.45) is 6.67. The second kappa shape index (κ2) is 8.71. The Bertz CT molecular complexity index is 957. The Morgan fingerprint density at radius 3 is 2.76 bits per heavy atom. The van der Waals surface area contributed by atoms with E-state index in [2.05, 4.69) is 49.1 Å². The molecule has 3 aromatic rings. The summed E-state index contributed by atoms with van der Waals surface area (Å²) < 4.78 is 7.40. The Labute approximate surface area is 176 Å². The summed E-state index contributed by atoms with van der Waals surface area (Å²) in [5.41, 5.74) is 3.24. The average molecular weight is 408 g/mol. The van der Waals surface area contributed by atoms with E-state index in [0.717, 1.165) is 40.8 Å². The molecule has 0 spiro atoms. The van der Waals surface area contributed by atoms with Crippen molar-refractivity contribution < 1.29 is 4.74 Å². The minimum Gasteiger partial charge on any atom is -0.385 e. The number of methoxy groups -OCH3 is 1. The second-order valence-corrected chi connectivity index (χ2v) is 7.55. The SMILES string of the molecule is COCCCN1C(=S)N[C@@H](c2ccccn2)[C@@H]1c1cccn1-c1ccc(C)cn1. The first-order chi connectivity index (χ1) is 14.2. The predicted molar refractivity (Wildman–Crippen MR) is 117 cm³/mol. The Morgan fingerprint density at radius 1 is 1.14 bits per heavy atom. The van der Waals surface area contributed by atoms with Gasteiger partial charge in [0.25, 0.3) is 0 Å². The Balaban J connectivity index is 1.75. The molecule has 7 heteroatoms. The van der Waals surface area contributed by atoms with Gasteiger partial charge in [-0.05, 0) is 61.5 Å². The quantitative estimate of drug-likeness (QED) is 0.477. The molecule has 0 aliphatic carbocycles. The van der Waals surface area contributed by atoms with Crippen LogP contribution in [0, 0.1) is 6.92 Å². The maximum Gasteiger partial charge on any atom is 0.170 e. The third-order valence-electron chi connectivity index (χ3n) is 5.17. The van der Waals surface area contributed by atoms with Crippen molar-refractivity contribution in [2.75, 3.05) is 20.3 Å². The molecule has 29 heavy (non-hydrogen) atoms. The van der Waals surface area contributed by atoms with Gasteiger partial charge in [-0.3, -0.25) is 4.98 Å². The fourth-order valence-corrected chi connectivity index (χ4v) is 4.13. The van der Waals surface area contributed by atoms with Crippen LogP contribution >= 0.6 is 12.2 Å². The number of pyridine rings is 2. The maximum atomic E-state index is 5.72. The minimum absolute atomic E-state index is 0.00681. The number of hydrogen-bond donors (Lipinski definition) is 1. The lowest BCUT2D eigenvalue weighted by molar-refractivity contribution is 0.180. The number of thiocarbonyl (C=S) groups is 1. The van der Waals surface area contributed by atoms with E-state index in [4.69, 9.17) is 17.0 Å². The first-order valence-corrected chi connectivity index (χ1v) is 10.2. The number of rotatable bonds is 7. The number of ether oxygens (including phenoxy) is 1. The van der Waals surface area contributed by atoms with Crippen molar-refractivity contribution in [3.63, 3.8) is 0 Å². The minimum atomic E-state index is -0.0367. The molecule has 0 saturated carbocycles. The van der Waals surface area contributed by atoms with Gasteiger partial charge in [-0.2, -0.15) is 0 Å². The smallest absolute Gasteiger partial charge is 0.170 e. The van der Waals surface area contributed by atoms with Gasteiger partial charge in [0.15, 0.2) is 5.11 Å². The summed E-state index contributed by atoms with van der Waals surface area (Å²) in [5, 5.41) is 4.24. The molecule has 1 aliphatic heterocycles. The molecule has 0 radical (unpaired) electrons. The third-order valence-corrected chi connectivity index (χ3v) is 5.52. The molecule has 0 aromatic carbocycles. The number of nitrogens with one attached hydrogen (secondary N) is 1. The van der Waals surface area contributed by atoms with Crippen LogP contribution in [0.25, 0.3) is 5.82 Å². The summed E-state index contributed by atoms with van der Waals surface area (Å²) in [6.45, 7) is 3.54. The van der Waals surface area contributed by atoms with Crippen molar-refractivity contribution in [2.24, 2.45) is 0 Å². The van der Waals surface area contributed by atoms with Crippen molar-refractivity contribution in [1.82, 2.24) is 24.8 Å². The predicted octanol–water partition coefficient (Wildman–Crippen LogP) is 3.58. The van der Waals surface area contributed by atoms with Gasteiger partial charge in [0, 0.05) is 44.5 Å². The standard InChI is InChI=1S/C22H25N5OS/c1-16-9-10-19(24-15-16)26-12-5-8-18(26)21-20(17-7-3-4-11-23-17)25-22(29)27(21)13-6-14-28-2/h3-5,7-12,15,20-21H,6,13-14H2,1-2H3,(H,25,29)/t20-,21-/m0/s1. The summed E-state index contributed by atoms with van der Waals surface area (Å²) in [4.78, 5) is 11.5. The van der Waals surface area contributed by atoms with Crippen LogP contribution in [0.1, 0.15) is 35.5 Å². The van der Waals surface area contributed by atoms with E-state index < -0.39 is 0 Å². The molecular weight excluding hydrogens is 382 g/mol. The van der Waals surface area contributed by atoms with Gasteiger partial charge >= 0.3 is 0 Å². The molecule has 1 aliphatic rings. The van der Waals surface area contributed by atoms with Crippen LogP contribution in [0.15, 0.2) is 61.1 Å². The van der Waals surface area contributed by atoms with Gasteiger partial charge in [-0.25, -0.2) is 4.98 Å². The van der Waals surface area contributed by atoms with Crippen LogP contribution in [0.5, 0.6) is 0 Å². The molecule has 1 N–H and O–H groups in total. The molecule has 1 fully saturated rings. The molecule has 1 saturated heterocycles. The summed E-state index contributed by atoms with van der Waals surface area (Å²) in [6, 6.07) is 14.3. The fourth-order valence-electron chi connectivity index (χ4n) is 3.79. The Morgan fingerprint density at radius 2 is 2.03 bits per heavy atom. The number of aromatic nitrogens is 3.